The molecule has 0 bridgehead atoms. The number of nitrogens with two attached hydrogens (primary N) is 1. The highest BCUT2D eigenvalue weighted by Crippen LogP contribution is 2.14. The van der Waals surface area contributed by atoms with Crippen molar-refractivity contribution in [3.63, 3.8) is 0 Å². The Morgan fingerprint density at radius 1 is 1.47 bits per heavy atom. The molecule has 6 nitrogen and oxygen atoms in total. The molecular weight excluding hydrogens is 242 g/mol. The van der Waals surface area contributed by atoms with Gasteiger partial charge in [-0.15, -0.1) is 5.10 Å². The van der Waals surface area contributed by atoms with Crippen LogP contribution < -0.4 is 11.1 Å². The highest BCUT2D eigenvalue weighted by Gasteiger charge is 2.10. The molecule has 1 aromatic heterocycles. The zero-order valence-electron chi connectivity index (χ0n) is 8.77. The highest BCUT2D eigenvalue weighted by atomic mass is 35.5. The van der Waals surface area contributed by atoms with E-state index in [1.807, 2.05) is 18.2 Å². The summed E-state index contributed by atoms with van der Waals surface area (Å²) in [5.41, 5.74) is 6.12. The molecule has 0 aliphatic carbocycles. The van der Waals surface area contributed by atoms with Crippen molar-refractivity contribution in [2.45, 2.75) is 6.54 Å². The van der Waals surface area contributed by atoms with Gasteiger partial charge in [-0.25, -0.2) is 0 Å². The Morgan fingerprint density at radius 3 is 2.88 bits per heavy atom. The summed E-state index contributed by atoms with van der Waals surface area (Å²) in [6.45, 7) is 0.319. The van der Waals surface area contributed by atoms with Crippen molar-refractivity contribution in [1.82, 2.24) is 20.5 Å². The third-order valence-corrected chi connectivity index (χ3v) is 2.48. The van der Waals surface area contributed by atoms with Crippen LogP contribution in [0.15, 0.2) is 24.3 Å². The van der Waals surface area contributed by atoms with Gasteiger partial charge in [0.1, 0.15) is 0 Å². The van der Waals surface area contributed by atoms with Crippen molar-refractivity contribution < 1.29 is 4.79 Å². The van der Waals surface area contributed by atoms with Gasteiger partial charge in [-0.1, -0.05) is 29.8 Å². The molecule has 1 amide bonds. The number of nitrogen functional groups attached to an aromatic ring is 1. The molecule has 88 valence electrons. The molecule has 0 unspecified atom stereocenters. The van der Waals surface area contributed by atoms with Crippen molar-refractivity contribution in [1.29, 1.82) is 0 Å². The summed E-state index contributed by atoms with van der Waals surface area (Å²) in [7, 11) is 0. The first-order valence-corrected chi connectivity index (χ1v) is 5.24. The van der Waals surface area contributed by atoms with Gasteiger partial charge in [0.05, 0.1) is 0 Å². The van der Waals surface area contributed by atoms with E-state index in [1.54, 1.807) is 6.07 Å². The number of carbonyl (C=O) groups is 1. The Balaban J connectivity index is 1.99. The largest absolute Gasteiger partial charge is 0.366 e. The van der Waals surface area contributed by atoms with Crippen LogP contribution in [0.3, 0.4) is 0 Å². The molecule has 0 aliphatic heterocycles. The van der Waals surface area contributed by atoms with E-state index in [1.165, 1.54) is 0 Å². The molecule has 0 saturated heterocycles. The van der Waals surface area contributed by atoms with Crippen molar-refractivity contribution in [3.05, 3.63) is 40.7 Å². The summed E-state index contributed by atoms with van der Waals surface area (Å²) >= 11 is 5.95. The first-order valence-electron chi connectivity index (χ1n) is 4.86. The Bertz CT molecular complexity index is 539. The second-order valence-electron chi connectivity index (χ2n) is 3.32. The summed E-state index contributed by atoms with van der Waals surface area (Å²) in [5.74, 6) is -0.267. The summed E-state index contributed by atoms with van der Waals surface area (Å²) in [4.78, 5) is 15.3. The smallest absolute Gasteiger partial charge is 0.288 e. The number of aromatic amines is 1. The second kappa shape index (κ2) is 4.84. The molecule has 0 radical (unpaired) electrons. The number of benzene rings is 1. The van der Waals surface area contributed by atoms with E-state index in [2.05, 4.69) is 20.5 Å². The van der Waals surface area contributed by atoms with Gasteiger partial charge >= 0.3 is 0 Å². The molecule has 0 aliphatic rings. The maximum atomic E-state index is 11.6. The summed E-state index contributed by atoms with van der Waals surface area (Å²) in [5, 5.41) is 9.25. The maximum Gasteiger partial charge on any atom is 0.288 e. The predicted molar refractivity (Wildman–Crippen MR) is 63.4 cm³/mol. The van der Waals surface area contributed by atoms with Gasteiger partial charge in [0.25, 0.3) is 5.91 Å². The van der Waals surface area contributed by atoms with Gasteiger partial charge in [-0.3, -0.25) is 9.89 Å². The van der Waals surface area contributed by atoms with Crippen LogP contribution in [-0.2, 0) is 6.54 Å². The van der Waals surface area contributed by atoms with Crippen LogP contribution >= 0.6 is 11.6 Å². The molecule has 1 aromatic carbocycles. The minimum Gasteiger partial charge on any atom is -0.366 e. The molecule has 4 N–H and O–H groups in total. The molecule has 17 heavy (non-hydrogen) atoms. The van der Waals surface area contributed by atoms with Gasteiger partial charge in [-0.05, 0) is 11.6 Å². The fourth-order valence-electron chi connectivity index (χ4n) is 1.28. The van der Waals surface area contributed by atoms with Gasteiger partial charge in [-0.2, -0.15) is 4.98 Å². The number of carbonyl (C=O) groups excluding carboxylic acids is 1. The number of nitrogens with zero attached hydrogens (tertiary/aromatic N) is 2. The number of anilines is 1. The van der Waals surface area contributed by atoms with Crippen molar-refractivity contribution in [3.8, 4) is 0 Å². The third-order valence-electron chi connectivity index (χ3n) is 2.12. The molecular formula is C10H10ClN5O. The Kier molecular flexibility index (Phi) is 3.24. The number of rotatable bonds is 3. The number of hydrogen-bond donors (Lipinski definition) is 3. The van der Waals surface area contributed by atoms with Crippen LogP contribution in [0.5, 0.6) is 0 Å². The average Bonchev–Trinajstić information content (AvgIpc) is 2.74. The normalized spacial score (nSPS) is 10.2. The van der Waals surface area contributed by atoms with Crippen LogP contribution in [0.1, 0.15) is 16.2 Å². The number of amides is 1. The van der Waals surface area contributed by atoms with E-state index in [4.69, 9.17) is 17.3 Å². The van der Waals surface area contributed by atoms with E-state index < -0.39 is 0 Å². The molecule has 1 heterocycles. The molecule has 0 spiro atoms. The topological polar surface area (TPSA) is 96.7 Å². The SMILES string of the molecule is Nc1n[nH]c(C(=O)NCc2ccccc2Cl)n1. The van der Waals surface area contributed by atoms with Gasteiger partial charge in [0.15, 0.2) is 0 Å². The third kappa shape index (κ3) is 2.73. The number of aromatic nitrogens is 3. The predicted octanol–water partition coefficient (Wildman–Crippen LogP) is 0.970. The zero-order valence-corrected chi connectivity index (χ0v) is 9.53. The molecule has 2 aromatic rings. The van der Waals surface area contributed by atoms with Crippen LogP contribution in [0, 0.1) is 0 Å². The van der Waals surface area contributed by atoms with E-state index in [-0.39, 0.29) is 17.7 Å². The average molecular weight is 252 g/mol. The minimum absolute atomic E-state index is 0.0351. The lowest BCUT2D eigenvalue weighted by Gasteiger charge is -2.04. The summed E-state index contributed by atoms with van der Waals surface area (Å²) < 4.78 is 0. The summed E-state index contributed by atoms with van der Waals surface area (Å²) in [6, 6.07) is 7.26. The number of halogens is 1. The quantitative estimate of drug-likeness (QED) is 0.757. The van der Waals surface area contributed by atoms with E-state index in [0.29, 0.717) is 11.6 Å². The van der Waals surface area contributed by atoms with Crippen LogP contribution in [0.2, 0.25) is 5.02 Å². The lowest BCUT2D eigenvalue weighted by molar-refractivity contribution is 0.0941. The Labute approximate surface area is 102 Å². The molecule has 7 heteroatoms. The minimum atomic E-state index is -0.380. The first kappa shape index (κ1) is 11.4. The monoisotopic (exact) mass is 251 g/mol. The maximum absolute atomic E-state index is 11.6. The van der Waals surface area contributed by atoms with Gasteiger partial charge in [0.2, 0.25) is 11.8 Å². The molecule has 0 fully saturated rings. The van der Waals surface area contributed by atoms with Gasteiger partial charge in [0, 0.05) is 11.6 Å². The number of hydrogen-bond acceptors (Lipinski definition) is 4. The number of nitrogens with one attached hydrogen (secondary N) is 2. The standard InChI is InChI=1S/C10H10ClN5O/c11-7-4-2-1-3-6(7)5-13-9(17)8-14-10(12)16-15-8/h1-4H,5H2,(H,13,17)(H3,12,14,15,16). The fraction of sp³-hybridized carbons (Fsp3) is 0.100. The second-order valence-corrected chi connectivity index (χ2v) is 3.72. The van der Waals surface area contributed by atoms with Crippen molar-refractivity contribution in [2.24, 2.45) is 0 Å². The van der Waals surface area contributed by atoms with Crippen LogP contribution in [0.4, 0.5) is 5.95 Å². The van der Waals surface area contributed by atoms with E-state index in [0.717, 1.165) is 5.56 Å². The van der Waals surface area contributed by atoms with E-state index in [9.17, 15) is 4.79 Å². The Hall–Kier alpha value is -2.08. The molecule has 2 rings (SSSR count). The van der Waals surface area contributed by atoms with Crippen LogP contribution in [-0.4, -0.2) is 21.1 Å². The Morgan fingerprint density at radius 2 is 2.24 bits per heavy atom. The molecule has 0 saturated carbocycles. The lowest BCUT2D eigenvalue weighted by Crippen LogP contribution is -2.24. The lowest BCUT2D eigenvalue weighted by atomic mass is 10.2. The molecule has 0 atom stereocenters. The first-order chi connectivity index (χ1) is 8.16. The fourth-order valence-corrected chi connectivity index (χ4v) is 1.48. The number of H-pyrrole nitrogens is 1. The summed E-state index contributed by atoms with van der Waals surface area (Å²) in [6.07, 6.45) is 0. The van der Waals surface area contributed by atoms with Crippen LogP contribution in [0.25, 0.3) is 0 Å². The van der Waals surface area contributed by atoms with Crippen molar-refractivity contribution in [2.75, 3.05) is 5.73 Å². The zero-order chi connectivity index (χ0) is 12.3. The van der Waals surface area contributed by atoms with Crippen molar-refractivity contribution >= 4 is 23.5 Å². The van der Waals surface area contributed by atoms with E-state index >= 15 is 0 Å². The highest BCUT2D eigenvalue weighted by molar-refractivity contribution is 6.31. The van der Waals surface area contributed by atoms with Gasteiger partial charge < -0.3 is 11.1 Å².